The van der Waals surface area contributed by atoms with Crippen LogP contribution in [-0.4, -0.2) is 24.3 Å². The molecule has 0 aliphatic carbocycles. The maximum absolute atomic E-state index is 12.0. The number of benzene rings is 2. The lowest BCUT2D eigenvalue weighted by Crippen LogP contribution is -2.37. The molecule has 25 heavy (non-hydrogen) atoms. The van der Waals surface area contributed by atoms with Crippen molar-refractivity contribution in [2.45, 2.75) is 25.6 Å². The summed E-state index contributed by atoms with van der Waals surface area (Å²) in [5.41, 5.74) is 2.05. The summed E-state index contributed by atoms with van der Waals surface area (Å²) in [5.74, 6) is 1.86. The van der Waals surface area contributed by atoms with Crippen LogP contribution in [0.4, 0.5) is 0 Å². The van der Waals surface area contributed by atoms with Crippen LogP contribution in [0, 0.1) is 6.92 Å². The molecule has 0 aromatic heterocycles. The largest absolute Gasteiger partial charge is 0.491 e. The summed E-state index contributed by atoms with van der Waals surface area (Å²) in [6, 6.07) is 13.2. The third kappa shape index (κ3) is 6.81. The predicted molar refractivity (Wildman–Crippen MR) is 107 cm³/mol. The molecule has 0 saturated carbocycles. The first-order valence-corrected chi connectivity index (χ1v) is 9.86. The van der Waals surface area contributed by atoms with Gasteiger partial charge in [-0.15, -0.1) is 11.8 Å². The number of ether oxygens (including phenoxy) is 1. The number of hydrogen-bond donors (Lipinski definition) is 1. The minimum absolute atomic E-state index is 0.0176. The van der Waals surface area contributed by atoms with Crippen LogP contribution in [-0.2, 0) is 10.5 Å². The van der Waals surface area contributed by atoms with E-state index in [9.17, 15) is 4.79 Å². The number of nitrogens with one attached hydrogen (secondary N) is 1. The normalized spacial score (nSPS) is 11.8. The van der Waals surface area contributed by atoms with E-state index in [0.717, 1.165) is 16.9 Å². The molecule has 134 valence electrons. The van der Waals surface area contributed by atoms with E-state index in [4.69, 9.17) is 27.9 Å². The summed E-state index contributed by atoms with van der Waals surface area (Å²) in [4.78, 5) is 12.0. The molecule has 2 aromatic rings. The van der Waals surface area contributed by atoms with Crippen molar-refractivity contribution in [1.82, 2.24) is 5.32 Å². The Bertz CT molecular complexity index is 724. The number of para-hydroxylation sites is 1. The van der Waals surface area contributed by atoms with E-state index in [1.54, 1.807) is 12.1 Å². The molecule has 0 radical (unpaired) electrons. The van der Waals surface area contributed by atoms with Crippen molar-refractivity contribution in [3.05, 3.63) is 63.6 Å². The van der Waals surface area contributed by atoms with Crippen LogP contribution in [0.25, 0.3) is 0 Å². The predicted octanol–water partition coefficient (Wildman–Crippen LogP) is 5.12. The molecule has 0 aliphatic rings. The van der Waals surface area contributed by atoms with E-state index < -0.39 is 0 Å². The number of carbonyl (C=O) groups excluding carboxylic acids is 1. The van der Waals surface area contributed by atoms with Crippen molar-refractivity contribution < 1.29 is 9.53 Å². The number of carbonyl (C=O) groups is 1. The lowest BCUT2D eigenvalue weighted by Gasteiger charge is -2.16. The summed E-state index contributed by atoms with van der Waals surface area (Å²) in [7, 11) is 0. The van der Waals surface area contributed by atoms with Gasteiger partial charge in [0.05, 0.1) is 11.8 Å². The molecule has 0 spiro atoms. The van der Waals surface area contributed by atoms with Crippen LogP contribution in [0.3, 0.4) is 0 Å². The highest BCUT2D eigenvalue weighted by molar-refractivity contribution is 7.99. The molecule has 0 bridgehead atoms. The van der Waals surface area contributed by atoms with E-state index in [2.05, 4.69) is 5.32 Å². The van der Waals surface area contributed by atoms with Crippen LogP contribution in [0.15, 0.2) is 42.5 Å². The zero-order valence-corrected chi connectivity index (χ0v) is 16.5. The molecule has 0 unspecified atom stereocenters. The van der Waals surface area contributed by atoms with Crippen LogP contribution in [0.5, 0.6) is 5.75 Å². The van der Waals surface area contributed by atoms with E-state index >= 15 is 0 Å². The lowest BCUT2D eigenvalue weighted by atomic mass is 10.2. The Hall–Kier alpha value is -1.36. The molecule has 2 rings (SSSR count). The maximum atomic E-state index is 12.0. The molecule has 0 heterocycles. The standard InChI is InChI=1S/C19H21Cl2NO2S/c1-13-5-3-4-6-18(13)24-10-14(2)22-19(23)12-25-11-15-7-8-16(20)9-17(15)21/h3-9,14H,10-12H2,1-2H3,(H,22,23)/t14-/m1/s1. The molecule has 1 atom stereocenters. The number of thioether (sulfide) groups is 1. The van der Waals surface area contributed by atoms with Gasteiger partial charge in [-0.3, -0.25) is 4.79 Å². The molecule has 1 N–H and O–H groups in total. The van der Waals surface area contributed by atoms with Crippen molar-refractivity contribution in [2.75, 3.05) is 12.4 Å². The fourth-order valence-electron chi connectivity index (χ4n) is 2.18. The summed E-state index contributed by atoms with van der Waals surface area (Å²) in [5, 5.41) is 4.18. The second-order valence-electron chi connectivity index (χ2n) is 5.77. The summed E-state index contributed by atoms with van der Waals surface area (Å²) in [6.45, 7) is 4.36. The fourth-order valence-corrected chi connectivity index (χ4v) is 3.58. The van der Waals surface area contributed by atoms with Gasteiger partial charge < -0.3 is 10.1 Å². The van der Waals surface area contributed by atoms with Gasteiger partial charge in [0.2, 0.25) is 5.91 Å². The topological polar surface area (TPSA) is 38.3 Å². The van der Waals surface area contributed by atoms with Crippen molar-refractivity contribution in [3.8, 4) is 5.75 Å². The molecule has 0 saturated heterocycles. The van der Waals surface area contributed by atoms with Gasteiger partial charge in [0.25, 0.3) is 0 Å². The van der Waals surface area contributed by atoms with Gasteiger partial charge in [-0.1, -0.05) is 47.5 Å². The molecule has 3 nitrogen and oxygen atoms in total. The monoisotopic (exact) mass is 397 g/mol. The van der Waals surface area contributed by atoms with Crippen molar-refractivity contribution >= 4 is 40.9 Å². The Morgan fingerprint density at radius 3 is 2.72 bits per heavy atom. The quantitative estimate of drug-likeness (QED) is 0.671. The summed E-state index contributed by atoms with van der Waals surface area (Å²) >= 11 is 13.5. The minimum Gasteiger partial charge on any atom is -0.491 e. The first kappa shape index (κ1) is 20.0. The Balaban J connectivity index is 1.70. The van der Waals surface area contributed by atoms with E-state index in [0.29, 0.717) is 28.2 Å². The molecule has 1 amide bonds. The van der Waals surface area contributed by atoms with Gasteiger partial charge in [0, 0.05) is 15.8 Å². The van der Waals surface area contributed by atoms with Crippen LogP contribution < -0.4 is 10.1 Å². The van der Waals surface area contributed by atoms with Gasteiger partial charge in [-0.05, 0) is 43.2 Å². The SMILES string of the molecule is Cc1ccccc1OC[C@@H](C)NC(=O)CSCc1ccc(Cl)cc1Cl. The molecular formula is C19H21Cl2NO2S. The zero-order chi connectivity index (χ0) is 18.2. The first-order valence-electron chi connectivity index (χ1n) is 7.95. The number of halogens is 2. The second-order valence-corrected chi connectivity index (χ2v) is 7.60. The van der Waals surface area contributed by atoms with E-state index in [1.807, 2.05) is 44.2 Å². The second kappa shape index (κ2) is 9.95. The molecule has 0 aliphatic heterocycles. The number of hydrogen-bond acceptors (Lipinski definition) is 3. The Morgan fingerprint density at radius 1 is 1.24 bits per heavy atom. The number of aryl methyl sites for hydroxylation is 1. The molecule has 2 aromatic carbocycles. The van der Waals surface area contributed by atoms with Gasteiger partial charge in [0.15, 0.2) is 0 Å². The highest BCUT2D eigenvalue weighted by atomic mass is 35.5. The van der Waals surface area contributed by atoms with Crippen molar-refractivity contribution in [3.63, 3.8) is 0 Å². The van der Waals surface area contributed by atoms with E-state index in [1.165, 1.54) is 11.8 Å². The number of amides is 1. The Labute approximate surface area is 163 Å². The van der Waals surface area contributed by atoms with E-state index in [-0.39, 0.29) is 11.9 Å². The number of rotatable bonds is 8. The Kier molecular flexibility index (Phi) is 7.94. The maximum Gasteiger partial charge on any atom is 0.230 e. The highest BCUT2D eigenvalue weighted by Gasteiger charge is 2.10. The average Bonchev–Trinajstić information content (AvgIpc) is 2.56. The third-order valence-electron chi connectivity index (χ3n) is 3.50. The van der Waals surface area contributed by atoms with Crippen LogP contribution in [0.2, 0.25) is 10.0 Å². The van der Waals surface area contributed by atoms with Crippen molar-refractivity contribution in [2.24, 2.45) is 0 Å². The van der Waals surface area contributed by atoms with Gasteiger partial charge in [-0.2, -0.15) is 0 Å². The smallest absolute Gasteiger partial charge is 0.230 e. The average molecular weight is 398 g/mol. The van der Waals surface area contributed by atoms with Crippen LogP contribution >= 0.6 is 35.0 Å². The molecule has 0 fully saturated rings. The zero-order valence-electron chi connectivity index (χ0n) is 14.2. The molecular weight excluding hydrogens is 377 g/mol. The minimum atomic E-state index is -0.0631. The lowest BCUT2D eigenvalue weighted by molar-refractivity contribution is -0.119. The third-order valence-corrected chi connectivity index (χ3v) is 5.06. The van der Waals surface area contributed by atoms with Gasteiger partial charge in [-0.25, -0.2) is 0 Å². The highest BCUT2D eigenvalue weighted by Crippen LogP contribution is 2.24. The Morgan fingerprint density at radius 2 is 2.00 bits per heavy atom. The first-order chi connectivity index (χ1) is 12.0. The summed E-state index contributed by atoms with van der Waals surface area (Å²) in [6.07, 6.45) is 0. The fraction of sp³-hybridized carbons (Fsp3) is 0.316. The van der Waals surface area contributed by atoms with Crippen molar-refractivity contribution in [1.29, 1.82) is 0 Å². The van der Waals surface area contributed by atoms with Crippen LogP contribution in [0.1, 0.15) is 18.1 Å². The summed E-state index contributed by atoms with van der Waals surface area (Å²) < 4.78 is 5.75. The van der Waals surface area contributed by atoms with Gasteiger partial charge in [0.1, 0.15) is 12.4 Å². The molecule has 6 heteroatoms. The van der Waals surface area contributed by atoms with Gasteiger partial charge >= 0.3 is 0 Å².